The van der Waals surface area contributed by atoms with E-state index in [1.807, 2.05) is 12.3 Å². The third kappa shape index (κ3) is 4.07. The van der Waals surface area contributed by atoms with Gasteiger partial charge >= 0.3 is 0 Å². The Bertz CT molecular complexity index is 1120. The number of hydrogen-bond acceptors (Lipinski definition) is 5. The van der Waals surface area contributed by atoms with Crippen molar-refractivity contribution >= 4 is 17.0 Å². The molecule has 0 atom stereocenters. The number of benzene rings is 2. The van der Waals surface area contributed by atoms with Crippen LogP contribution in [0.4, 0.5) is 0 Å². The molecule has 1 aromatic heterocycles. The molecule has 5 nitrogen and oxygen atoms in total. The Morgan fingerprint density at radius 3 is 2.61 bits per heavy atom. The number of hydrogen-bond donors (Lipinski definition) is 2. The van der Waals surface area contributed by atoms with E-state index in [2.05, 4.69) is 43.6 Å². The van der Waals surface area contributed by atoms with E-state index >= 15 is 0 Å². The van der Waals surface area contributed by atoms with Crippen LogP contribution in [0.2, 0.25) is 0 Å². The lowest BCUT2D eigenvalue weighted by molar-refractivity contribution is 0.450. The van der Waals surface area contributed by atoms with E-state index in [4.69, 9.17) is 5.10 Å². The number of phenolic OH excluding ortho intramolecular Hbond substituents is 2. The molecule has 0 unspecified atom stereocenters. The lowest BCUT2D eigenvalue weighted by atomic mass is 10.1. The summed E-state index contributed by atoms with van der Waals surface area (Å²) in [7, 11) is 0. The predicted octanol–water partition coefficient (Wildman–Crippen LogP) is 4.60. The fraction of sp³-hybridized carbons (Fsp3) is 0.182. The third-order valence-electron chi connectivity index (χ3n) is 4.46. The molecular weight excluding hydrogens is 370 g/mol. The predicted molar refractivity (Wildman–Crippen MR) is 115 cm³/mol. The van der Waals surface area contributed by atoms with Gasteiger partial charge in [-0.25, -0.2) is 4.68 Å². The van der Waals surface area contributed by atoms with E-state index in [0.717, 1.165) is 16.1 Å². The van der Waals surface area contributed by atoms with Crippen molar-refractivity contribution < 1.29 is 10.2 Å². The second-order valence-corrected chi connectivity index (χ2v) is 7.37. The summed E-state index contributed by atoms with van der Waals surface area (Å²) in [6.07, 6.45) is 1.74. The molecule has 144 valence electrons. The molecule has 0 aliphatic rings. The molecule has 0 aliphatic carbocycles. The highest BCUT2D eigenvalue weighted by atomic mass is 32.1. The molecule has 0 spiro atoms. The fourth-order valence-corrected chi connectivity index (χ4v) is 3.62. The Balaban J connectivity index is 2.18. The maximum atomic E-state index is 10.2. The number of thiazole rings is 1. The molecule has 3 rings (SSSR count). The van der Waals surface area contributed by atoms with Crippen molar-refractivity contribution in [1.82, 2.24) is 4.68 Å². The zero-order valence-corrected chi connectivity index (χ0v) is 17.0. The molecule has 2 aromatic carbocycles. The molecule has 0 aliphatic heterocycles. The van der Waals surface area contributed by atoms with Crippen LogP contribution in [0.3, 0.4) is 0 Å². The van der Waals surface area contributed by atoms with Gasteiger partial charge in [-0.3, -0.25) is 4.99 Å². The lowest BCUT2D eigenvalue weighted by Gasteiger charge is -2.09. The zero-order chi connectivity index (χ0) is 20.3. The zero-order valence-electron chi connectivity index (χ0n) is 16.2. The van der Waals surface area contributed by atoms with E-state index in [-0.39, 0.29) is 11.5 Å². The van der Waals surface area contributed by atoms with E-state index in [1.54, 1.807) is 16.8 Å². The molecule has 0 fully saturated rings. The molecule has 2 N–H and O–H groups in total. The second kappa shape index (κ2) is 8.27. The second-order valence-electron chi connectivity index (χ2n) is 6.53. The first-order chi connectivity index (χ1) is 13.4. The van der Waals surface area contributed by atoms with Crippen molar-refractivity contribution in [1.29, 1.82) is 0 Å². The van der Waals surface area contributed by atoms with Crippen LogP contribution in [-0.2, 0) is 0 Å². The van der Waals surface area contributed by atoms with Crippen molar-refractivity contribution in [2.45, 2.75) is 20.8 Å². The van der Waals surface area contributed by atoms with Crippen molar-refractivity contribution in [3.05, 3.63) is 75.9 Å². The summed E-state index contributed by atoms with van der Waals surface area (Å²) in [4.78, 5) is 5.29. The summed E-state index contributed by atoms with van der Waals surface area (Å²) in [6.45, 7) is 10.2. The third-order valence-corrected chi connectivity index (χ3v) is 5.32. The normalized spacial score (nSPS) is 12.4. The Morgan fingerprint density at radius 1 is 1.14 bits per heavy atom. The van der Waals surface area contributed by atoms with Gasteiger partial charge in [-0.05, 0) is 50.1 Å². The van der Waals surface area contributed by atoms with E-state index in [9.17, 15) is 10.2 Å². The van der Waals surface area contributed by atoms with Gasteiger partial charge in [0.25, 0.3) is 0 Å². The quantitative estimate of drug-likeness (QED) is 0.491. The molecule has 1 heterocycles. The maximum absolute atomic E-state index is 10.2. The Hall–Kier alpha value is -3.12. The first-order valence-corrected chi connectivity index (χ1v) is 9.76. The highest BCUT2D eigenvalue weighted by Crippen LogP contribution is 2.25. The van der Waals surface area contributed by atoms with E-state index < -0.39 is 0 Å². The molecule has 0 saturated carbocycles. The maximum Gasteiger partial charge on any atom is 0.206 e. The Kier molecular flexibility index (Phi) is 5.80. The standard InChI is InChI=1S/C22H23N3O2S/c1-5-10-23-22-25(24-16(4)19-9-8-18(26)12-21(19)27)20(13-28-22)17-7-6-14(2)15(3)11-17/h5-9,11-13,26-27H,1,10H2,2-4H3. The fourth-order valence-electron chi connectivity index (χ4n) is 2.78. The SMILES string of the molecule is C=CCN=c1scc(-c2ccc(C)c(C)c2)n1N=C(C)c1ccc(O)cc1O. The van der Waals surface area contributed by atoms with E-state index in [1.165, 1.54) is 34.6 Å². The summed E-state index contributed by atoms with van der Waals surface area (Å²) >= 11 is 1.50. The topological polar surface area (TPSA) is 70.1 Å². The monoisotopic (exact) mass is 393 g/mol. The Morgan fingerprint density at radius 2 is 1.93 bits per heavy atom. The van der Waals surface area contributed by atoms with Gasteiger partial charge in [0.1, 0.15) is 11.5 Å². The molecule has 0 amide bonds. The van der Waals surface area contributed by atoms with Crippen LogP contribution < -0.4 is 4.80 Å². The smallest absolute Gasteiger partial charge is 0.206 e. The first kappa shape index (κ1) is 19.6. The number of aryl methyl sites for hydroxylation is 2. The highest BCUT2D eigenvalue weighted by Gasteiger charge is 2.11. The molecule has 28 heavy (non-hydrogen) atoms. The molecule has 0 bridgehead atoms. The van der Waals surface area contributed by atoms with Crippen molar-refractivity contribution in [3.8, 4) is 22.8 Å². The van der Waals surface area contributed by atoms with Gasteiger partial charge in [0.2, 0.25) is 4.80 Å². The van der Waals surface area contributed by atoms with Crippen LogP contribution in [0.15, 0.2) is 64.5 Å². The summed E-state index contributed by atoms with van der Waals surface area (Å²) in [5.41, 5.74) is 5.57. The van der Waals surface area contributed by atoms with Crippen LogP contribution in [0.25, 0.3) is 11.3 Å². The minimum atomic E-state index is -0.0191. The average molecular weight is 394 g/mol. The van der Waals surface area contributed by atoms with Crippen LogP contribution in [0, 0.1) is 13.8 Å². The van der Waals surface area contributed by atoms with Crippen molar-refractivity contribution in [2.75, 3.05) is 6.54 Å². The van der Waals surface area contributed by atoms with Gasteiger partial charge in [0.15, 0.2) is 0 Å². The largest absolute Gasteiger partial charge is 0.508 e. The summed E-state index contributed by atoms with van der Waals surface area (Å²) in [5.74, 6) is -0.0101. The number of rotatable bonds is 5. The van der Waals surface area contributed by atoms with Gasteiger partial charge < -0.3 is 10.2 Å². The van der Waals surface area contributed by atoms with Crippen molar-refractivity contribution in [3.63, 3.8) is 0 Å². The minimum absolute atomic E-state index is 0.00901. The van der Waals surface area contributed by atoms with Crippen LogP contribution in [-0.4, -0.2) is 27.1 Å². The molecule has 0 saturated heterocycles. The number of phenols is 2. The Labute approximate surface area is 168 Å². The molecular formula is C22H23N3O2S. The van der Waals surface area contributed by atoms with Crippen LogP contribution in [0.5, 0.6) is 11.5 Å². The molecule has 3 aromatic rings. The summed E-state index contributed by atoms with van der Waals surface area (Å²) in [5, 5.41) is 26.5. The summed E-state index contributed by atoms with van der Waals surface area (Å²) < 4.78 is 1.79. The van der Waals surface area contributed by atoms with E-state index in [0.29, 0.717) is 17.8 Å². The van der Waals surface area contributed by atoms with Gasteiger partial charge in [0.05, 0.1) is 18.0 Å². The first-order valence-electron chi connectivity index (χ1n) is 8.88. The van der Waals surface area contributed by atoms with Crippen LogP contribution >= 0.6 is 11.3 Å². The lowest BCUT2D eigenvalue weighted by Crippen LogP contribution is -2.14. The van der Waals surface area contributed by atoms with Gasteiger partial charge in [0, 0.05) is 22.6 Å². The highest BCUT2D eigenvalue weighted by molar-refractivity contribution is 7.07. The average Bonchev–Trinajstić information content (AvgIpc) is 3.04. The van der Waals surface area contributed by atoms with Gasteiger partial charge in [-0.1, -0.05) is 18.2 Å². The van der Waals surface area contributed by atoms with Crippen molar-refractivity contribution in [2.24, 2.45) is 10.1 Å². The van der Waals surface area contributed by atoms with Gasteiger partial charge in [-0.15, -0.1) is 17.9 Å². The van der Waals surface area contributed by atoms with Crippen LogP contribution in [0.1, 0.15) is 23.6 Å². The molecule has 0 radical (unpaired) electrons. The van der Waals surface area contributed by atoms with Gasteiger partial charge in [-0.2, -0.15) is 5.10 Å². The number of aromatic hydroxyl groups is 2. The number of aromatic nitrogens is 1. The molecule has 6 heteroatoms. The minimum Gasteiger partial charge on any atom is -0.508 e. The summed E-state index contributed by atoms with van der Waals surface area (Å²) in [6, 6.07) is 10.8. The number of nitrogens with zero attached hydrogens (tertiary/aromatic N) is 3.